The average Bonchev–Trinajstić information content (AvgIpc) is 2.34. The molecule has 0 aromatic carbocycles. The molecule has 0 rings (SSSR count). The Morgan fingerprint density at radius 1 is 0.308 bits per heavy atom. The minimum Gasteiger partial charge on any atom is -0.211 e. The molecule has 0 radical (unpaired) electrons. The van der Waals surface area contributed by atoms with Crippen molar-refractivity contribution >= 4 is 31.9 Å². The van der Waals surface area contributed by atoms with Gasteiger partial charge in [-0.25, -0.2) is 4.39 Å². The maximum Gasteiger partial charge on any atom is 0.460 e. The average molecular weight is 560 g/mol. The van der Waals surface area contributed by atoms with Crippen molar-refractivity contribution in [3.8, 4) is 0 Å². The fraction of sp³-hybridized carbons (Fsp3) is 1.00. The molecule has 0 nitrogen and oxygen atoms in total. The van der Waals surface area contributed by atoms with Gasteiger partial charge in [-0.05, 0) is 31.9 Å². The van der Waals surface area contributed by atoms with Gasteiger partial charge in [0.15, 0.2) is 0 Å². The van der Waals surface area contributed by atoms with Gasteiger partial charge in [0.2, 0.25) is 0 Å². The smallest absolute Gasteiger partial charge is 0.211 e. The van der Waals surface area contributed by atoms with Crippen molar-refractivity contribution in [2.75, 3.05) is 0 Å². The second-order valence-corrected chi connectivity index (χ2v) is 7.69. The van der Waals surface area contributed by atoms with Crippen LogP contribution >= 0.6 is 31.9 Å². The molecule has 0 unspecified atom stereocenters. The first-order chi connectivity index (χ1) is 10.8. The van der Waals surface area contributed by atoms with Crippen LogP contribution in [0.4, 0.5) is 70.2 Å². The minimum atomic E-state index is -8.43. The molecule has 0 aromatic rings. The van der Waals surface area contributed by atoms with E-state index in [-0.39, 0.29) is 0 Å². The van der Waals surface area contributed by atoms with E-state index in [0.717, 1.165) is 31.9 Å². The van der Waals surface area contributed by atoms with E-state index >= 15 is 0 Å². The zero-order valence-electron chi connectivity index (χ0n) is 10.8. The third-order valence-electron chi connectivity index (χ3n) is 2.68. The highest BCUT2D eigenvalue weighted by Gasteiger charge is 2.94. The number of halogens is 18. The van der Waals surface area contributed by atoms with Crippen molar-refractivity contribution in [3.05, 3.63) is 0 Å². The molecule has 0 saturated carbocycles. The van der Waals surface area contributed by atoms with Gasteiger partial charge >= 0.3 is 41.7 Å². The molecule has 18 heteroatoms. The zero-order chi connectivity index (χ0) is 22.0. The molecular weight excluding hydrogens is 560 g/mol. The van der Waals surface area contributed by atoms with Crippen LogP contribution in [-0.2, 0) is 0 Å². The second kappa shape index (κ2) is 6.17. The van der Waals surface area contributed by atoms with E-state index in [0.29, 0.717) is 0 Å². The maximum atomic E-state index is 13.1. The first kappa shape index (κ1) is 25.8. The van der Waals surface area contributed by atoms with Crippen molar-refractivity contribution in [1.29, 1.82) is 0 Å². The van der Waals surface area contributed by atoms with Crippen LogP contribution in [0.15, 0.2) is 0 Å². The Bertz CT molecular complexity index is 477. The van der Waals surface area contributed by atoms with Gasteiger partial charge in [0.25, 0.3) is 3.49 Å². The Morgan fingerprint density at radius 3 is 0.692 bits per heavy atom. The summed E-state index contributed by atoms with van der Waals surface area (Å²) in [6.45, 7) is 0. The molecule has 0 atom stereocenters. The molecule has 26 heavy (non-hydrogen) atoms. The van der Waals surface area contributed by atoms with Crippen LogP contribution in [-0.4, -0.2) is 45.2 Å². The van der Waals surface area contributed by atoms with Gasteiger partial charge in [0.05, 0.1) is 0 Å². The van der Waals surface area contributed by atoms with Crippen LogP contribution in [0.3, 0.4) is 0 Å². The molecule has 0 N–H and O–H groups in total. The highest BCUT2D eigenvalue weighted by Crippen LogP contribution is 2.64. The molecule has 0 fully saturated rings. The first-order valence-corrected chi connectivity index (χ1v) is 6.74. The van der Waals surface area contributed by atoms with Gasteiger partial charge in [-0.3, -0.25) is 0 Å². The third-order valence-corrected chi connectivity index (χ3v) is 3.68. The largest absolute Gasteiger partial charge is 0.460 e. The van der Waals surface area contributed by atoms with Crippen LogP contribution < -0.4 is 0 Å². The Balaban J connectivity index is 6.61. The van der Waals surface area contributed by atoms with Gasteiger partial charge in [0.1, 0.15) is 0 Å². The highest BCUT2D eigenvalue weighted by atomic mass is 79.9. The molecule has 0 heterocycles. The fourth-order valence-electron chi connectivity index (χ4n) is 1.14. The van der Waals surface area contributed by atoms with E-state index in [2.05, 4.69) is 0 Å². The SMILES string of the molecule is FC(F)(F)C(F)(F)C(F)(F)C(F)(F)C(F)(F)C(F)(F)C(F)(F)C(F)(Br)Br. The highest BCUT2D eigenvalue weighted by molar-refractivity contribution is 9.25. The second-order valence-electron chi connectivity index (χ2n) is 4.44. The Kier molecular flexibility index (Phi) is 6.13. The molecule has 0 aliphatic rings. The summed E-state index contributed by atoms with van der Waals surface area (Å²) in [5.41, 5.74) is 0. The van der Waals surface area contributed by atoms with Crippen molar-refractivity contribution in [1.82, 2.24) is 0 Å². The van der Waals surface area contributed by atoms with E-state index in [1.807, 2.05) is 0 Å². The molecule has 0 saturated heterocycles. The summed E-state index contributed by atoms with van der Waals surface area (Å²) >= 11 is 1.89. The zero-order valence-corrected chi connectivity index (χ0v) is 14.0. The Hall–Kier alpha value is -0.160. The summed E-state index contributed by atoms with van der Waals surface area (Å²) in [6, 6.07) is 0. The predicted octanol–water partition coefficient (Wildman–Crippen LogP) is 6.77. The third kappa shape index (κ3) is 3.15. The molecule has 0 aliphatic carbocycles. The van der Waals surface area contributed by atoms with Gasteiger partial charge < -0.3 is 0 Å². The molecule has 0 bridgehead atoms. The standard InChI is InChI=1S/C8Br2F16/c9-7(10,23)5(19,20)3(15,16)1(11,12)2(13,14)4(17,18)6(21,22)8(24,25)26. The van der Waals surface area contributed by atoms with E-state index in [4.69, 9.17) is 0 Å². The van der Waals surface area contributed by atoms with Crippen LogP contribution in [0.25, 0.3) is 0 Å². The van der Waals surface area contributed by atoms with Gasteiger partial charge in [0, 0.05) is 0 Å². The monoisotopic (exact) mass is 558 g/mol. The number of hydrogen-bond acceptors (Lipinski definition) is 0. The summed E-state index contributed by atoms with van der Waals surface area (Å²) in [6.07, 6.45) is -7.68. The quantitative estimate of drug-likeness (QED) is 0.249. The van der Waals surface area contributed by atoms with Crippen LogP contribution in [0.5, 0.6) is 0 Å². The topological polar surface area (TPSA) is 0 Å². The maximum absolute atomic E-state index is 13.1. The number of rotatable bonds is 6. The molecule has 0 amide bonds. The number of hydrogen-bond donors (Lipinski definition) is 0. The lowest BCUT2D eigenvalue weighted by atomic mass is 9.91. The predicted molar refractivity (Wildman–Crippen MR) is 57.4 cm³/mol. The summed E-state index contributed by atoms with van der Waals surface area (Å²) in [7, 11) is 0. The lowest BCUT2D eigenvalue weighted by Crippen LogP contribution is -2.73. The van der Waals surface area contributed by atoms with Crippen molar-refractivity contribution in [2.24, 2.45) is 0 Å². The molecular formula is C8Br2F16. The van der Waals surface area contributed by atoms with Gasteiger partial charge in [-0.2, -0.15) is 65.9 Å². The molecule has 158 valence electrons. The first-order valence-electron chi connectivity index (χ1n) is 5.15. The summed E-state index contributed by atoms with van der Waals surface area (Å²) in [5.74, 6) is -48.1. The van der Waals surface area contributed by atoms with E-state index in [1.165, 1.54) is 0 Å². The van der Waals surface area contributed by atoms with Crippen molar-refractivity contribution in [2.45, 2.75) is 45.2 Å². The normalized spacial score (nSPS) is 16.8. The molecule has 0 aliphatic heterocycles. The van der Waals surface area contributed by atoms with Crippen molar-refractivity contribution in [3.63, 3.8) is 0 Å². The van der Waals surface area contributed by atoms with E-state index in [9.17, 15) is 70.2 Å². The number of alkyl halides is 18. The van der Waals surface area contributed by atoms with Crippen LogP contribution in [0, 0.1) is 0 Å². The summed E-state index contributed by atoms with van der Waals surface area (Å²) in [4.78, 5) is 0. The van der Waals surface area contributed by atoms with E-state index < -0.39 is 45.2 Å². The fourth-order valence-corrected chi connectivity index (χ4v) is 1.64. The van der Waals surface area contributed by atoms with Gasteiger partial charge in [-0.15, -0.1) is 0 Å². The lowest BCUT2D eigenvalue weighted by molar-refractivity contribution is -0.453. The Morgan fingerprint density at radius 2 is 0.500 bits per heavy atom. The Labute approximate surface area is 148 Å². The molecule has 0 spiro atoms. The summed E-state index contributed by atoms with van der Waals surface area (Å²) in [5, 5.41) is 0. The van der Waals surface area contributed by atoms with Gasteiger partial charge in [-0.1, -0.05) is 0 Å². The van der Waals surface area contributed by atoms with Crippen molar-refractivity contribution < 1.29 is 70.2 Å². The van der Waals surface area contributed by atoms with Crippen LogP contribution in [0.2, 0.25) is 0 Å². The minimum absolute atomic E-state index is 0.943. The lowest BCUT2D eigenvalue weighted by Gasteiger charge is -2.42. The van der Waals surface area contributed by atoms with Crippen LogP contribution in [0.1, 0.15) is 0 Å². The summed E-state index contributed by atoms with van der Waals surface area (Å²) < 4.78 is 197. The van der Waals surface area contributed by atoms with E-state index in [1.54, 1.807) is 0 Å². The molecule has 0 aromatic heterocycles.